The number of halogens is 2. The van der Waals surface area contributed by atoms with Crippen LogP contribution >= 0.6 is 27.3 Å². The first-order valence-corrected chi connectivity index (χ1v) is 6.64. The molecule has 1 amide bonds. The summed E-state index contributed by atoms with van der Waals surface area (Å²) in [6.07, 6.45) is 0. The van der Waals surface area contributed by atoms with E-state index in [0.29, 0.717) is 10.6 Å². The van der Waals surface area contributed by atoms with Crippen LogP contribution in [0.5, 0.6) is 5.75 Å². The Morgan fingerprint density at radius 2 is 2.17 bits per heavy atom. The number of aromatic hydroxyl groups is 1. The molecule has 18 heavy (non-hydrogen) atoms. The first kappa shape index (κ1) is 13.0. The molecule has 0 atom stereocenters. The molecule has 0 saturated heterocycles. The van der Waals surface area contributed by atoms with Gasteiger partial charge < -0.3 is 10.4 Å². The average Bonchev–Trinajstić information content (AvgIpc) is 2.65. The van der Waals surface area contributed by atoms with Crippen LogP contribution in [-0.4, -0.2) is 11.0 Å². The van der Waals surface area contributed by atoms with E-state index in [9.17, 15) is 9.18 Å². The predicted molar refractivity (Wildman–Crippen MR) is 72.8 cm³/mol. The van der Waals surface area contributed by atoms with Crippen LogP contribution in [0.4, 0.5) is 10.1 Å². The lowest BCUT2D eigenvalue weighted by Crippen LogP contribution is -2.10. The Hall–Kier alpha value is -1.40. The molecule has 1 aromatic heterocycles. The summed E-state index contributed by atoms with van der Waals surface area (Å²) in [5.41, 5.74) is 1.28. The number of aryl methyl sites for hydroxylation is 1. The van der Waals surface area contributed by atoms with Crippen molar-refractivity contribution >= 4 is 38.9 Å². The molecule has 0 fully saturated rings. The van der Waals surface area contributed by atoms with E-state index in [2.05, 4.69) is 21.2 Å². The van der Waals surface area contributed by atoms with Gasteiger partial charge in [0.05, 0.1) is 8.66 Å². The van der Waals surface area contributed by atoms with Gasteiger partial charge in [-0.15, -0.1) is 11.3 Å². The van der Waals surface area contributed by atoms with Crippen molar-refractivity contribution in [1.29, 1.82) is 0 Å². The zero-order valence-electron chi connectivity index (χ0n) is 9.33. The van der Waals surface area contributed by atoms with E-state index in [1.165, 1.54) is 23.5 Å². The predicted octanol–water partition coefficient (Wildman–Crippen LogP) is 3.92. The number of hydrogen-bond donors (Lipinski definition) is 2. The van der Waals surface area contributed by atoms with Gasteiger partial charge in [0.25, 0.3) is 5.91 Å². The van der Waals surface area contributed by atoms with Crippen molar-refractivity contribution in [3.8, 4) is 5.75 Å². The number of phenolic OH excluding ortho intramolecular Hbond substituents is 1. The summed E-state index contributed by atoms with van der Waals surface area (Å²) in [4.78, 5) is 12.4. The standard InChI is InChI=1S/C12H9BrFNO2S/c1-6-4-10(18-11(6)13)12(17)15-7-2-3-9(16)8(14)5-7/h2-5,16H,1H3,(H,15,17). The van der Waals surface area contributed by atoms with Gasteiger partial charge in [-0.3, -0.25) is 4.79 Å². The maximum atomic E-state index is 13.1. The van der Waals surface area contributed by atoms with Crippen molar-refractivity contribution in [2.24, 2.45) is 0 Å². The molecular formula is C12H9BrFNO2S. The van der Waals surface area contributed by atoms with Gasteiger partial charge in [-0.25, -0.2) is 4.39 Å². The minimum absolute atomic E-state index is 0.303. The van der Waals surface area contributed by atoms with Gasteiger partial charge in [0.1, 0.15) is 0 Å². The molecular weight excluding hydrogens is 321 g/mol. The molecule has 94 valence electrons. The fraction of sp³-hybridized carbons (Fsp3) is 0.0833. The van der Waals surface area contributed by atoms with Crippen LogP contribution in [-0.2, 0) is 0 Å². The van der Waals surface area contributed by atoms with Gasteiger partial charge in [-0.1, -0.05) is 0 Å². The first-order valence-electron chi connectivity index (χ1n) is 5.03. The van der Waals surface area contributed by atoms with Crippen LogP contribution in [0.25, 0.3) is 0 Å². The molecule has 0 bridgehead atoms. The molecule has 1 aromatic carbocycles. The quantitative estimate of drug-likeness (QED) is 0.820. The van der Waals surface area contributed by atoms with Crippen LogP contribution < -0.4 is 5.32 Å². The number of hydrogen-bond acceptors (Lipinski definition) is 3. The van der Waals surface area contributed by atoms with Crippen molar-refractivity contribution in [2.75, 3.05) is 5.32 Å². The van der Waals surface area contributed by atoms with Gasteiger partial charge in [-0.05, 0) is 46.6 Å². The SMILES string of the molecule is Cc1cc(C(=O)Nc2ccc(O)c(F)c2)sc1Br. The Morgan fingerprint density at radius 1 is 1.44 bits per heavy atom. The zero-order chi connectivity index (χ0) is 13.3. The Balaban J connectivity index is 2.18. The van der Waals surface area contributed by atoms with Gasteiger partial charge in [0, 0.05) is 11.8 Å². The number of nitrogens with one attached hydrogen (secondary N) is 1. The second-order valence-electron chi connectivity index (χ2n) is 3.69. The van der Waals surface area contributed by atoms with Gasteiger partial charge in [0.2, 0.25) is 0 Å². The molecule has 0 spiro atoms. The Kier molecular flexibility index (Phi) is 3.68. The number of thiophene rings is 1. The van der Waals surface area contributed by atoms with Crippen LogP contribution in [0, 0.1) is 12.7 Å². The summed E-state index contributed by atoms with van der Waals surface area (Å²) in [5, 5.41) is 11.6. The number of phenols is 1. The fourth-order valence-electron chi connectivity index (χ4n) is 1.35. The minimum atomic E-state index is -0.767. The Labute approximate surface area is 115 Å². The third-order valence-electron chi connectivity index (χ3n) is 2.29. The summed E-state index contributed by atoms with van der Waals surface area (Å²) in [5.74, 6) is -1.52. The maximum absolute atomic E-state index is 13.1. The minimum Gasteiger partial charge on any atom is -0.505 e. The van der Waals surface area contributed by atoms with Crippen LogP contribution in [0.1, 0.15) is 15.2 Å². The van der Waals surface area contributed by atoms with Crippen LogP contribution in [0.2, 0.25) is 0 Å². The summed E-state index contributed by atoms with van der Waals surface area (Å²) in [6.45, 7) is 1.89. The van der Waals surface area contributed by atoms with Crippen molar-refractivity contribution in [3.05, 3.63) is 44.3 Å². The topological polar surface area (TPSA) is 49.3 Å². The van der Waals surface area contributed by atoms with E-state index < -0.39 is 11.6 Å². The third kappa shape index (κ3) is 2.70. The molecule has 6 heteroatoms. The lowest BCUT2D eigenvalue weighted by Gasteiger charge is -2.04. The first-order chi connectivity index (χ1) is 8.47. The number of carbonyl (C=O) groups is 1. The highest BCUT2D eigenvalue weighted by atomic mass is 79.9. The molecule has 0 saturated carbocycles. The van der Waals surface area contributed by atoms with Crippen molar-refractivity contribution in [1.82, 2.24) is 0 Å². The second kappa shape index (κ2) is 5.07. The van der Waals surface area contributed by atoms with E-state index in [1.54, 1.807) is 6.07 Å². The Morgan fingerprint density at radius 3 is 2.72 bits per heavy atom. The maximum Gasteiger partial charge on any atom is 0.265 e. The van der Waals surface area contributed by atoms with Crippen molar-refractivity contribution in [3.63, 3.8) is 0 Å². The highest BCUT2D eigenvalue weighted by molar-refractivity contribution is 9.11. The second-order valence-corrected chi connectivity index (χ2v) is 6.06. The third-order valence-corrected chi connectivity index (χ3v) is 4.42. The van der Waals surface area contributed by atoms with Crippen LogP contribution in [0.15, 0.2) is 28.1 Å². The molecule has 0 aliphatic carbocycles. The molecule has 0 aliphatic rings. The largest absolute Gasteiger partial charge is 0.505 e. The monoisotopic (exact) mass is 329 g/mol. The summed E-state index contributed by atoms with van der Waals surface area (Å²) < 4.78 is 14.0. The normalized spacial score (nSPS) is 10.4. The molecule has 2 aromatic rings. The summed E-state index contributed by atoms with van der Waals surface area (Å²) in [6, 6.07) is 5.45. The number of anilines is 1. The molecule has 3 nitrogen and oxygen atoms in total. The van der Waals surface area contributed by atoms with Gasteiger partial charge in [-0.2, -0.15) is 0 Å². The zero-order valence-corrected chi connectivity index (χ0v) is 11.7. The lowest BCUT2D eigenvalue weighted by atomic mass is 10.2. The van der Waals surface area contributed by atoms with Crippen LogP contribution in [0.3, 0.4) is 0 Å². The van der Waals surface area contributed by atoms with Crippen molar-refractivity contribution < 1.29 is 14.3 Å². The molecule has 2 rings (SSSR count). The molecule has 0 unspecified atom stereocenters. The smallest absolute Gasteiger partial charge is 0.265 e. The van der Waals surface area contributed by atoms with Crippen molar-refractivity contribution in [2.45, 2.75) is 6.92 Å². The molecule has 0 radical (unpaired) electrons. The highest BCUT2D eigenvalue weighted by Gasteiger charge is 2.12. The number of carbonyl (C=O) groups excluding carboxylic acids is 1. The van der Waals surface area contributed by atoms with E-state index in [0.717, 1.165) is 15.4 Å². The molecule has 2 N–H and O–H groups in total. The molecule has 0 aliphatic heterocycles. The number of rotatable bonds is 2. The van der Waals surface area contributed by atoms with E-state index >= 15 is 0 Å². The van der Waals surface area contributed by atoms with Gasteiger partial charge >= 0.3 is 0 Å². The number of amides is 1. The van der Waals surface area contributed by atoms with E-state index in [-0.39, 0.29) is 5.91 Å². The highest BCUT2D eigenvalue weighted by Crippen LogP contribution is 2.28. The van der Waals surface area contributed by atoms with E-state index in [4.69, 9.17) is 5.11 Å². The Bertz CT molecular complexity index is 593. The fourth-order valence-corrected chi connectivity index (χ4v) is 2.78. The average molecular weight is 330 g/mol. The van der Waals surface area contributed by atoms with Gasteiger partial charge in [0.15, 0.2) is 11.6 Å². The molecule has 1 heterocycles. The van der Waals surface area contributed by atoms with E-state index in [1.807, 2.05) is 6.92 Å². The lowest BCUT2D eigenvalue weighted by molar-refractivity contribution is 0.103. The number of benzene rings is 1. The summed E-state index contributed by atoms with van der Waals surface area (Å²) in [7, 11) is 0. The summed E-state index contributed by atoms with van der Waals surface area (Å²) >= 11 is 4.65.